The molecular weight excluding hydrogens is 408 g/mol. The predicted molar refractivity (Wildman–Crippen MR) is 111 cm³/mol. The van der Waals surface area contributed by atoms with Crippen molar-refractivity contribution in [2.45, 2.75) is 39.2 Å². The topological polar surface area (TPSA) is 88.3 Å². The molecule has 0 unspecified atom stereocenters. The number of furan rings is 1. The van der Waals surface area contributed by atoms with Crippen molar-refractivity contribution >= 4 is 34.5 Å². The van der Waals surface area contributed by atoms with Gasteiger partial charge in [-0.05, 0) is 38.8 Å². The quantitative estimate of drug-likeness (QED) is 0.666. The molecule has 29 heavy (non-hydrogen) atoms. The second-order valence-electron chi connectivity index (χ2n) is 7.05. The number of likely N-dealkylation sites (tertiary alicyclic amines) is 1. The van der Waals surface area contributed by atoms with Crippen LogP contribution in [0.3, 0.4) is 0 Å². The van der Waals surface area contributed by atoms with Crippen molar-refractivity contribution in [3.63, 3.8) is 0 Å². The highest BCUT2D eigenvalue weighted by molar-refractivity contribution is 7.13. The maximum Gasteiger partial charge on any atom is 0.271 e. The van der Waals surface area contributed by atoms with Crippen LogP contribution in [0.1, 0.15) is 60.4 Å². The highest BCUT2D eigenvalue weighted by Crippen LogP contribution is 2.31. The second-order valence-corrected chi connectivity index (χ2v) is 9.14. The summed E-state index contributed by atoms with van der Waals surface area (Å²) in [5, 5.41) is 6.50. The molecule has 3 aromatic rings. The molecule has 0 spiro atoms. The summed E-state index contributed by atoms with van der Waals surface area (Å²) >= 11 is 2.97. The first-order chi connectivity index (χ1) is 14.0. The second kappa shape index (κ2) is 8.46. The Labute approximate surface area is 176 Å². The lowest BCUT2D eigenvalue weighted by Crippen LogP contribution is -2.37. The van der Waals surface area contributed by atoms with Crippen molar-refractivity contribution in [2.75, 3.05) is 13.1 Å². The summed E-state index contributed by atoms with van der Waals surface area (Å²) in [4.78, 5) is 36.6. The molecule has 0 radical (unpaired) electrons. The molecule has 0 saturated carbocycles. The van der Waals surface area contributed by atoms with Crippen LogP contribution < -0.4 is 5.32 Å². The Hall–Kier alpha value is -2.52. The van der Waals surface area contributed by atoms with Gasteiger partial charge in [0.15, 0.2) is 0 Å². The molecule has 9 heteroatoms. The average molecular weight is 431 g/mol. The van der Waals surface area contributed by atoms with Gasteiger partial charge in [-0.25, -0.2) is 9.97 Å². The molecule has 1 saturated heterocycles. The van der Waals surface area contributed by atoms with Crippen molar-refractivity contribution in [2.24, 2.45) is 0 Å². The van der Waals surface area contributed by atoms with Crippen molar-refractivity contribution in [1.29, 1.82) is 0 Å². The zero-order valence-electron chi connectivity index (χ0n) is 16.3. The van der Waals surface area contributed by atoms with Gasteiger partial charge in [-0.3, -0.25) is 9.59 Å². The Morgan fingerprint density at radius 3 is 2.72 bits per heavy atom. The highest BCUT2D eigenvalue weighted by atomic mass is 32.1. The van der Waals surface area contributed by atoms with Crippen LogP contribution in [0.5, 0.6) is 0 Å². The van der Waals surface area contributed by atoms with Gasteiger partial charge >= 0.3 is 0 Å². The number of piperidine rings is 1. The maximum atomic E-state index is 12.8. The summed E-state index contributed by atoms with van der Waals surface area (Å²) in [6.07, 6.45) is 3.28. The molecule has 1 fully saturated rings. The lowest BCUT2D eigenvalue weighted by Gasteiger charge is -2.30. The van der Waals surface area contributed by atoms with Crippen molar-refractivity contribution in [3.05, 3.63) is 55.8 Å². The van der Waals surface area contributed by atoms with Gasteiger partial charge < -0.3 is 14.6 Å². The summed E-state index contributed by atoms with van der Waals surface area (Å²) in [7, 11) is 0. The van der Waals surface area contributed by atoms with Gasteiger partial charge in [0.2, 0.25) is 0 Å². The van der Waals surface area contributed by atoms with Gasteiger partial charge in [-0.15, -0.1) is 22.7 Å². The molecule has 0 atom stereocenters. The third-order valence-corrected chi connectivity index (χ3v) is 7.06. The minimum absolute atomic E-state index is 0.0729. The number of nitrogens with zero attached hydrogens (tertiary/aromatic N) is 3. The average Bonchev–Trinajstić information content (AvgIpc) is 3.47. The largest absolute Gasteiger partial charge is 0.467 e. The van der Waals surface area contributed by atoms with Crippen LogP contribution in [0.15, 0.2) is 28.2 Å². The number of hydrogen-bond acceptors (Lipinski definition) is 7. The Morgan fingerprint density at radius 2 is 2.07 bits per heavy atom. The van der Waals surface area contributed by atoms with Gasteiger partial charge in [0.25, 0.3) is 11.8 Å². The van der Waals surface area contributed by atoms with Crippen molar-refractivity contribution in [1.82, 2.24) is 20.2 Å². The van der Waals surface area contributed by atoms with E-state index in [2.05, 4.69) is 15.3 Å². The molecule has 152 valence electrons. The molecule has 0 bridgehead atoms. The van der Waals surface area contributed by atoms with Crippen LogP contribution >= 0.6 is 22.7 Å². The summed E-state index contributed by atoms with van der Waals surface area (Å²) < 4.78 is 5.22. The zero-order valence-corrected chi connectivity index (χ0v) is 17.9. The van der Waals surface area contributed by atoms with E-state index in [1.807, 2.05) is 24.8 Å². The normalized spacial score (nSPS) is 14.9. The molecule has 1 aliphatic heterocycles. The van der Waals surface area contributed by atoms with Crippen LogP contribution in [0.4, 0.5) is 0 Å². The summed E-state index contributed by atoms with van der Waals surface area (Å²) in [5.74, 6) is 0.855. The van der Waals surface area contributed by atoms with Crippen LogP contribution in [0.25, 0.3) is 0 Å². The molecule has 1 aliphatic rings. The Kier molecular flexibility index (Phi) is 5.77. The Balaban J connectivity index is 1.32. The van der Waals surface area contributed by atoms with E-state index in [0.29, 0.717) is 31.1 Å². The SMILES string of the molecule is Cc1nc(C)c(C(=O)N2CCC(c3nc(C(=O)NCc4ccco4)cs3)CC2)s1. The van der Waals surface area contributed by atoms with E-state index in [1.54, 1.807) is 17.7 Å². The first kappa shape index (κ1) is 19.8. The summed E-state index contributed by atoms with van der Waals surface area (Å²) in [5.41, 5.74) is 1.25. The van der Waals surface area contributed by atoms with Gasteiger partial charge in [0, 0.05) is 24.4 Å². The molecule has 7 nitrogen and oxygen atoms in total. The predicted octanol–water partition coefficient (Wildman–Crippen LogP) is 3.76. The number of aromatic nitrogens is 2. The van der Waals surface area contributed by atoms with Crippen LogP contribution in [0, 0.1) is 13.8 Å². The third-order valence-electron chi connectivity index (χ3n) is 4.99. The molecule has 0 aliphatic carbocycles. The molecular formula is C20H22N4O3S2. The smallest absolute Gasteiger partial charge is 0.271 e. The van der Waals surface area contributed by atoms with E-state index >= 15 is 0 Å². The fraction of sp³-hybridized carbons (Fsp3) is 0.400. The number of rotatable bonds is 5. The number of thiazole rings is 2. The molecule has 4 heterocycles. The minimum Gasteiger partial charge on any atom is -0.467 e. The van der Waals surface area contributed by atoms with Gasteiger partial charge in [0.1, 0.15) is 16.3 Å². The first-order valence-electron chi connectivity index (χ1n) is 9.50. The van der Waals surface area contributed by atoms with E-state index < -0.39 is 0 Å². The number of carbonyl (C=O) groups excluding carboxylic acids is 2. The lowest BCUT2D eigenvalue weighted by atomic mass is 9.97. The number of amides is 2. The van der Waals surface area contributed by atoms with Gasteiger partial charge in [-0.2, -0.15) is 0 Å². The highest BCUT2D eigenvalue weighted by Gasteiger charge is 2.28. The minimum atomic E-state index is -0.201. The monoisotopic (exact) mass is 430 g/mol. The lowest BCUT2D eigenvalue weighted by molar-refractivity contribution is 0.0717. The third kappa shape index (κ3) is 4.40. The molecule has 4 rings (SSSR count). The van der Waals surface area contributed by atoms with Gasteiger partial charge in [-0.1, -0.05) is 0 Å². The van der Waals surface area contributed by atoms with Crippen molar-refractivity contribution < 1.29 is 14.0 Å². The zero-order chi connectivity index (χ0) is 20.4. The van der Waals surface area contributed by atoms with Crippen LogP contribution in [-0.4, -0.2) is 39.8 Å². The van der Waals surface area contributed by atoms with E-state index in [-0.39, 0.29) is 17.7 Å². The molecule has 1 N–H and O–H groups in total. The fourth-order valence-electron chi connectivity index (χ4n) is 3.45. The first-order valence-corrected chi connectivity index (χ1v) is 11.2. The van der Waals surface area contributed by atoms with E-state index in [9.17, 15) is 9.59 Å². The van der Waals surface area contributed by atoms with Crippen LogP contribution in [-0.2, 0) is 6.54 Å². The van der Waals surface area contributed by atoms with E-state index in [1.165, 1.54) is 22.7 Å². The maximum absolute atomic E-state index is 12.8. The molecule has 3 aromatic heterocycles. The summed E-state index contributed by atoms with van der Waals surface area (Å²) in [6, 6.07) is 3.61. The van der Waals surface area contributed by atoms with Crippen LogP contribution in [0.2, 0.25) is 0 Å². The molecule has 2 amide bonds. The fourth-order valence-corrected chi connectivity index (χ4v) is 5.31. The Bertz CT molecular complexity index is 1000. The number of hydrogen-bond donors (Lipinski definition) is 1. The van der Waals surface area contributed by atoms with Gasteiger partial charge in [0.05, 0.1) is 28.5 Å². The standard InChI is InChI=1S/C20H22N4O3S2/c1-12-17(29-13(2)22-12)20(26)24-7-5-14(6-8-24)19-23-16(11-28-19)18(25)21-10-15-4-3-9-27-15/h3-4,9,11,14H,5-8,10H2,1-2H3,(H,21,25). The number of carbonyl (C=O) groups is 2. The number of nitrogens with one attached hydrogen (secondary N) is 1. The van der Waals surface area contributed by atoms with Crippen molar-refractivity contribution in [3.8, 4) is 0 Å². The Morgan fingerprint density at radius 1 is 1.28 bits per heavy atom. The number of aryl methyl sites for hydroxylation is 2. The molecule has 0 aromatic carbocycles. The summed E-state index contributed by atoms with van der Waals surface area (Å²) in [6.45, 7) is 5.54. The van der Waals surface area contributed by atoms with E-state index in [4.69, 9.17) is 4.42 Å². The van der Waals surface area contributed by atoms with E-state index in [0.717, 1.165) is 33.4 Å².